The molecule has 0 amide bonds. The number of nitriles is 1. The Morgan fingerprint density at radius 3 is 2.92 bits per heavy atom. The highest BCUT2D eigenvalue weighted by atomic mass is 32.1. The van der Waals surface area contributed by atoms with Gasteiger partial charge in [0.15, 0.2) is 5.82 Å². The van der Waals surface area contributed by atoms with Crippen molar-refractivity contribution in [2.24, 2.45) is 0 Å². The van der Waals surface area contributed by atoms with E-state index in [9.17, 15) is 18.8 Å². The minimum atomic E-state index is -1.13. The maximum absolute atomic E-state index is 15.9. The summed E-state index contributed by atoms with van der Waals surface area (Å²) in [5.41, 5.74) is -2.14. The lowest BCUT2D eigenvalue weighted by atomic mass is 9.95. The second kappa shape index (κ2) is 8.53. The number of aromatic nitrogens is 2. The van der Waals surface area contributed by atoms with Gasteiger partial charge in [0.1, 0.15) is 36.0 Å². The first-order valence-corrected chi connectivity index (χ1v) is 12.6. The van der Waals surface area contributed by atoms with Crippen molar-refractivity contribution in [1.82, 2.24) is 14.9 Å². The number of nitrogens with one attached hydrogen (secondary N) is 1. The number of fused-ring (bicyclic) bond motifs is 3. The lowest BCUT2D eigenvalue weighted by Gasteiger charge is -2.30. The molecule has 2 aromatic carbocycles. The number of nitrogens with zero attached hydrogens (tertiary/aromatic N) is 3. The number of alkyl halides is 1. The number of halogens is 4. The quantitative estimate of drug-likeness (QED) is 0.361. The van der Waals surface area contributed by atoms with E-state index in [0.29, 0.717) is 17.8 Å². The fourth-order valence-corrected chi connectivity index (χ4v) is 6.82. The second-order valence-electron chi connectivity index (χ2n) is 9.62. The summed E-state index contributed by atoms with van der Waals surface area (Å²) in [4.78, 5) is 21.8. The maximum atomic E-state index is 15.9. The van der Waals surface area contributed by atoms with Crippen LogP contribution in [0.5, 0.6) is 6.01 Å². The third-order valence-electron chi connectivity index (χ3n) is 7.46. The predicted octanol–water partition coefficient (Wildman–Crippen LogP) is 5.36. The molecule has 0 unspecified atom stereocenters. The first-order valence-electron chi connectivity index (χ1n) is 11.8. The maximum Gasteiger partial charge on any atom is 0.297 e. The zero-order valence-corrected chi connectivity index (χ0v) is 20.4. The van der Waals surface area contributed by atoms with Crippen LogP contribution in [0, 0.1) is 35.7 Å². The Bertz CT molecular complexity index is 1690. The molecular weight excluding hydrogens is 508 g/mol. The molecule has 1 N–H and O–H groups in total. The molecule has 4 aromatic rings. The van der Waals surface area contributed by atoms with E-state index in [0.717, 1.165) is 42.9 Å². The Morgan fingerprint density at radius 2 is 2.14 bits per heavy atom. The van der Waals surface area contributed by atoms with Crippen LogP contribution in [0.2, 0.25) is 0 Å². The fourth-order valence-electron chi connectivity index (χ4n) is 5.78. The molecule has 2 aromatic heterocycles. The molecule has 0 radical (unpaired) electrons. The third-order valence-corrected chi connectivity index (χ3v) is 8.57. The number of ether oxygens (including phenoxy) is 1. The van der Waals surface area contributed by atoms with Gasteiger partial charge in [0.25, 0.3) is 11.6 Å². The van der Waals surface area contributed by atoms with Crippen molar-refractivity contribution in [2.45, 2.75) is 37.9 Å². The molecule has 2 fully saturated rings. The van der Waals surface area contributed by atoms with Crippen LogP contribution in [-0.4, -0.2) is 46.3 Å². The van der Waals surface area contributed by atoms with E-state index in [2.05, 4.69) is 9.97 Å². The Balaban J connectivity index is 1.47. The van der Waals surface area contributed by atoms with Gasteiger partial charge in [0.05, 0.1) is 26.8 Å². The lowest BCUT2D eigenvalue weighted by molar-refractivity contribution is 0.107. The average molecular weight is 529 g/mol. The van der Waals surface area contributed by atoms with Gasteiger partial charge in [-0.1, -0.05) is 6.07 Å². The average Bonchev–Trinajstić information content (AvgIpc) is 3.49. The van der Waals surface area contributed by atoms with Crippen LogP contribution >= 0.6 is 11.3 Å². The summed E-state index contributed by atoms with van der Waals surface area (Å²) in [7, 11) is 0. The van der Waals surface area contributed by atoms with Crippen LogP contribution in [0.15, 0.2) is 23.0 Å². The molecule has 2 atom stereocenters. The number of hydrogen-bond donors (Lipinski definition) is 1. The molecule has 37 heavy (non-hydrogen) atoms. The van der Waals surface area contributed by atoms with E-state index in [4.69, 9.17) is 4.74 Å². The molecule has 11 heteroatoms. The summed E-state index contributed by atoms with van der Waals surface area (Å²) in [6.07, 6.45) is 0.961. The number of hydrogen-bond acceptors (Lipinski definition) is 6. The smallest absolute Gasteiger partial charge is 0.297 e. The lowest BCUT2D eigenvalue weighted by Crippen LogP contribution is -2.43. The van der Waals surface area contributed by atoms with Gasteiger partial charge < -0.3 is 4.74 Å². The first kappa shape index (κ1) is 23.9. The third kappa shape index (κ3) is 3.61. The molecule has 6 rings (SSSR count). The van der Waals surface area contributed by atoms with Crippen LogP contribution in [0.3, 0.4) is 0 Å². The van der Waals surface area contributed by atoms with Gasteiger partial charge >= 0.3 is 0 Å². The van der Waals surface area contributed by atoms with Crippen molar-refractivity contribution < 1.29 is 22.3 Å². The summed E-state index contributed by atoms with van der Waals surface area (Å²) >= 11 is 1.02. The summed E-state index contributed by atoms with van der Waals surface area (Å²) < 4.78 is 65.7. The van der Waals surface area contributed by atoms with Gasteiger partial charge in [-0.2, -0.15) is 10.2 Å². The van der Waals surface area contributed by atoms with Crippen LogP contribution in [0.25, 0.3) is 32.1 Å². The minimum Gasteiger partial charge on any atom is -0.463 e. The van der Waals surface area contributed by atoms with Crippen LogP contribution in [0.1, 0.15) is 29.7 Å². The zero-order chi connectivity index (χ0) is 26.1. The molecule has 0 spiro atoms. The van der Waals surface area contributed by atoms with Crippen molar-refractivity contribution in [2.75, 3.05) is 19.7 Å². The van der Waals surface area contributed by atoms with Crippen molar-refractivity contribution in [3.05, 3.63) is 56.4 Å². The standard InChI is InChI=1S/C26H20F4N4O2S/c1-12-16(9-31)19-14(3-4-17(28)23(19)37-12)20-18(29)7-15-22(21(20)30)32-25(33-24(15)35)36-11-26-5-2-6-34(26)10-13(27)8-26/h3-4,7,13H,2,5-6,8,10-11H2,1H3,(H,32,33,35)/t13-,26+/m1/s1. The van der Waals surface area contributed by atoms with Crippen molar-refractivity contribution in [1.29, 1.82) is 5.26 Å². The highest BCUT2D eigenvalue weighted by Crippen LogP contribution is 2.42. The Kier molecular flexibility index (Phi) is 5.51. The minimum absolute atomic E-state index is 0.0146. The van der Waals surface area contributed by atoms with E-state index in [-0.39, 0.29) is 39.2 Å². The van der Waals surface area contributed by atoms with Crippen LogP contribution in [0.4, 0.5) is 17.6 Å². The summed E-state index contributed by atoms with van der Waals surface area (Å²) in [6.45, 7) is 2.77. The number of benzene rings is 2. The molecule has 0 aliphatic carbocycles. The zero-order valence-electron chi connectivity index (χ0n) is 19.6. The molecule has 2 saturated heterocycles. The predicted molar refractivity (Wildman–Crippen MR) is 131 cm³/mol. The number of thiophene rings is 1. The molecule has 2 aliphatic rings. The number of aryl methyl sites for hydroxylation is 1. The second-order valence-corrected chi connectivity index (χ2v) is 10.8. The number of rotatable bonds is 4. The van der Waals surface area contributed by atoms with Gasteiger partial charge in [-0.15, -0.1) is 11.3 Å². The van der Waals surface area contributed by atoms with Gasteiger partial charge in [0.2, 0.25) is 0 Å². The molecule has 0 bridgehead atoms. The van der Waals surface area contributed by atoms with Gasteiger partial charge in [-0.25, -0.2) is 17.6 Å². The Morgan fingerprint density at radius 1 is 1.32 bits per heavy atom. The summed E-state index contributed by atoms with van der Waals surface area (Å²) in [5, 5.41) is 9.41. The largest absolute Gasteiger partial charge is 0.463 e. The molecule has 2 aliphatic heterocycles. The van der Waals surface area contributed by atoms with Crippen molar-refractivity contribution >= 4 is 32.3 Å². The number of aromatic amines is 1. The molecule has 6 nitrogen and oxygen atoms in total. The van der Waals surface area contributed by atoms with Gasteiger partial charge in [-0.3, -0.25) is 14.7 Å². The number of H-pyrrole nitrogens is 1. The highest BCUT2D eigenvalue weighted by Gasteiger charge is 2.49. The Labute approximate surface area is 212 Å². The van der Waals surface area contributed by atoms with E-state index < -0.39 is 45.8 Å². The van der Waals surface area contributed by atoms with Gasteiger partial charge in [-0.05, 0) is 44.0 Å². The van der Waals surface area contributed by atoms with E-state index in [1.165, 1.54) is 6.07 Å². The van der Waals surface area contributed by atoms with Crippen LogP contribution < -0.4 is 10.3 Å². The summed E-state index contributed by atoms with van der Waals surface area (Å²) in [5.74, 6) is -2.79. The molecular formula is C26H20F4N4O2S. The van der Waals surface area contributed by atoms with E-state index >= 15 is 8.78 Å². The normalized spacial score (nSPS) is 21.6. The first-order chi connectivity index (χ1) is 17.7. The Hall–Kier alpha value is -3.49. The topological polar surface area (TPSA) is 82.0 Å². The highest BCUT2D eigenvalue weighted by molar-refractivity contribution is 7.19. The van der Waals surface area contributed by atoms with Crippen LogP contribution in [-0.2, 0) is 0 Å². The SMILES string of the molecule is Cc1sc2c(F)ccc(-c3c(F)cc4c(=O)[nH]c(OC[C@@]56CCCN5C[C@H](F)C6)nc4c3F)c2c1C#N. The fraction of sp³-hybridized carbons (Fsp3) is 0.346. The monoisotopic (exact) mass is 528 g/mol. The van der Waals surface area contributed by atoms with Crippen molar-refractivity contribution in [3.63, 3.8) is 0 Å². The molecule has 4 heterocycles. The van der Waals surface area contributed by atoms with E-state index in [1.807, 2.05) is 11.0 Å². The summed E-state index contributed by atoms with van der Waals surface area (Å²) in [6, 6.07) is 4.90. The molecule has 190 valence electrons. The van der Waals surface area contributed by atoms with Gasteiger partial charge in [0, 0.05) is 23.2 Å². The molecule has 0 saturated carbocycles. The van der Waals surface area contributed by atoms with E-state index in [1.54, 1.807) is 6.92 Å². The van der Waals surface area contributed by atoms with Crippen molar-refractivity contribution in [3.8, 4) is 23.2 Å².